The summed E-state index contributed by atoms with van der Waals surface area (Å²) in [6, 6.07) is 9.43. The summed E-state index contributed by atoms with van der Waals surface area (Å²) < 4.78 is 65.2. The molecule has 11 nitrogen and oxygen atoms in total. The number of aldehydes is 1. The van der Waals surface area contributed by atoms with Crippen LogP contribution in [0.2, 0.25) is 0 Å². The lowest BCUT2D eigenvalue weighted by molar-refractivity contribution is -0.124. The first-order chi connectivity index (χ1) is 17.8. The molecule has 6 N–H and O–H groups in total. The minimum Gasteiger partial charge on any atom is -0.370 e. The molecule has 0 bridgehead atoms. The van der Waals surface area contributed by atoms with Gasteiger partial charge in [-0.1, -0.05) is 30.3 Å². The maximum Gasteiger partial charge on any atom is 0.404 e. The van der Waals surface area contributed by atoms with Crippen molar-refractivity contribution in [3.05, 3.63) is 64.1 Å². The van der Waals surface area contributed by atoms with Gasteiger partial charge >= 0.3 is 6.18 Å². The number of guanidine groups is 1. The molecule has 0 spiro atoms. The molecular weight excluding hydrogens is 529 g/mol. The van der Waals surface area contributed by atoms with Crippen LogP contribution >= 0.6 is 0 Å². The zero-order valence-corrected chi connectivity index (χ0v) is 21.1. The molecule has 1 amide bonds. The topological polar surface area (TPSA) is 179 Å². The third kappa shape index (κ3) is 10.6. The quantitative estimate of drug-likeness (QED) is 0.114. The van der Waals surface area contributed by atoms with Crippen LogP contribution < -0.4 is 27.1 Å². The van der Waals surface area contributed by atoms with Crippen LogP contribution in [-0.4, -0.2) is 55.7 Å². The number of pyridine rings is 1. The molecule has 0 aliphatic heterocycles. The van der Waals surface area contributed by atoms with Gasteiger partial charge < -0.3 is 26.1 Å². The Morgan fingerprint density at radius 1 is 1.13 bits per heavy atom. The highest BCUT2D eigenvalue weighted by Crippen LogP contribution is 2.21. The average molecular weight is 559 g/mol. The maximum atomic E-state index is 13.1. The number of anilines is 1. The average Bonchev–Trinajstić information content (AvgIpc) is 2.81. The third-order valence-corrected chi connectivity index (χ3v) is 6.40. The van der Waals surface area contributed by atoms with Gasteiger partial charge in [-0.3, -0.25) is 19.3 Å². The summed E-state index contributed by atoms with van der Waals surface area (Å²) in [6.07, 6.45) is -2.20. The number of hydrogen-bond acceptors (Lipinski definition) is 6. The summed E-state index contributed by atoms with van der Waals surface area (Å²) >= 11 is 0. The van der Waals surface area contributed by atoms with E-state index in [2.05, 4.69) is 10.3 Å². The predicted octanol–water partition coefficient (Wildman–Crippen LogP) is 0.675. The summed E-state index contributed by atoms with van der Waals surface area (Å²) in [7, 11) is -4.97. The van der Waals surface area contributed by atoms with E-state index in [4.69, 9.17) is 11.5 Å². The molecule has 38 heavy (non-hydrogen) atoms. The minimum absolute atomic E-state index is 0.120. The van der Waals surface area contributed by atoms with Gasteiger partial charge in [0.15, 0.2) is 11.7 Å². The van der Waals surface area contributed by atoms with Crippen molar-refractivity contribution in [2.75, 3.05) is 17.0 Å². The smallest absolute Gasteiger partial charge is 0.370 e. The van der Waals surface area contributed by atoms with E-state index in [1.807, 2.05) is 0 Å². The van der Waals surface area contributed by atoms with E-state index < -0.39 is 51.7 Å². The van der Waals surface area contributed by atoms with Gasteiger partial charge in [0.25, 0.3) is 5.56 Å². The highest BCUT2D eigenvalue weighted by atomic mass is 32.2. The number of nitrogens with one attached hydrogen (secondary N) is 2. The van der Waals surface area contributed by atoms with Crippen LogP contribution in [0.5, 0.6) is 0 Å². The van der Waals surface area contributed by atoms with Gasteiger partial charge in [0.2, 0.25) is 15.9 Å². The fourth-order valence-electron chi connectivity index (χ4n) is 3.49. The van der Waals surface area contributed by atoms with E-state index >= 15 is 0 Å². The van der Waals surface area contributed by atoms with E-state index in [9.17, 15) is 36.0 Å². The third-order valence-electron chi connectivity index (χ3n) is 5.18. The zero-order chi connectivity index (χ0) is 28.3. The minimum atomic E-state index is -5.03. The van der Waals surface area contributed by atoms with E-state index in [0.717, 1.165) is 10.1 Å². The Balaban J connectivity index is 2.25. The van der Waals surface area contributed by atoms with Crippen LogP contribution in [0.15, 0.2) is 52.4 Å². The van der Waals surface area contributed by atoms with Crippen LogP contribution in [0.4, 0.5) is 18.9 Å². The van der Waals surface area contributed by atoms with Crippen LogP contribution in [0.25, 0.3) is 0 Å². The fourth-order valence-corrected chi connectivity index (χ4v) is 4.52. The second-order valence-electron chi connectivity index (χ2n) is 8.37. The van der Waals surface area contributed by atoms with Crippen molar-refractivity contribution in [3.8, 4) is 0 Å². The van der Waals surface area contributed by atoms with Crippen molar-refractivity contribution in [2.24, 2.45) is 16.5 Å². The van der Waals surface area contributed by atoms with Crippen molar-refractivity contribution < 1.29 is 31.2 Å². The molecule has 1 atom stereocenters. The highest BCUT2D eigenvalue weighted by Gasteiger charge is 2.36. The number of amides is 1. The Morgan fingerprint density at radius 2 is 1.82 bits per heavy atom. The molecule has 1 heterocycles. The Kier molecular flexibility index (Phi) is 10.9. The number of sulfonamides is 1. The molecule has 2 rings (SSSR count). The Hall–Kier alpha value is -3.88. The number of rotatable bonds is 14. The van der Waals surface area contributed by atoms with Gasteiger partial charge in [-0.2, -0.15) is 13.2 Å². The van der Waals surface area contributed by atoms with Crippen LogP contribution in [0.1, 0.15) is 24.0 Å². The normalized spacial score (nSPS) is 12.4. The lowest BCUT2D eigenvalue weighted by Gasteiger charge is -2.17. The van der Waals surface area contributed by atoms with Crippen LogP contribution in [-0.2, 0) is 39.0 Å². The van der Waals surface area contributed by atoms with Gasteiger partial charge in [0, 0.05) is 12.7 Å². The van der Waals surface area contributed by atoms with E-state index in [1.165, 1.54) is 12.3 Å². The van der Waals surface area contributed by atoms with Crippen molar-refractivity contribution in [3.63, 3.8) is 0 Å². The molecule has 15 heteroatoms. The zero-order valence-electron chi connectivity index (χ0n) is 20.3. The molecule has 0 fully saturated rings. The number of nitrogens with two attached hydrogens (primary N) is 2. The van der Waals surface area contributed by atoms with Gasteiger partial charge in [-0.15, -0.1) is 0 Å². The number of aliphatic imine (C=N–C) groups is 1. The van der Waals surface area contributed by atoms with Crippen molar-refractivity contribution in [2.45, 2.75) is 44.4 Å². The fraction of sp³-hybridized carbons (Fsp3) is 0.391. The van der Waals surface area contributed by atoms with Crippen molar-refractivity contribution in [1.29, 1.82) is 0 Å². The molecule has 1 aromatic carbocycles. The van der Waals surface area contributed by atoms with E-state index in [0.29, 0.717) is 19.1 Å². The molecule has 0 saturated carbocycles. The largest absolute Gasteiger partial charge is 0.404 e. The first kappa shape index (κ1) is 30.3. The van der Waals surface area contributed by atoms with Crippen LogP contribution in [0, 0.1) is 0 Å². The lowest BCUT2D eigenvalue weighted by atomic mass is 10.0. The first-order valence-electron chi connectivity index (χ1n) is 11.4. The molecule has 0 aliphatic rings. The first-order valence-corrected chi connectivity index (χ1v) is 13.1. The molecule has 0 saturated heterocycles. The maximum absolute atomic E-state index is 13.1. The number of hydrogen-bond donors (Lipinski definition) is 4. The Bertz CT molecular complexity index is 1290. The monoisotopic (exact) mass is 558 g/mol. The number of aryl methyl sites for hydroxylation is 2. The number of carbonyl (C=O) groups excluding carboxylic acids is 2. The SMILES string of the molecule is NC(N)=NCCCC(C=O)NC(=O)Cn1ccc(CCc2ccccc2)c(NS(=O)(=O)CC(F)(F)F)c1=O. The molecule has 1 unspecified atom stereocenters. The van der Waals surface area contributed by atoms with Gasteiger partial charge in [0.05, 0.1) is 6.04 Å². The standard InChI is InChI=1S/C23H29F3N6O5S/c24-23(25,26)15-38(36,37)31-20-17(9-8-16-5-2-1-3-6-16)10-12-32(21(20)35)13-19(34)30-18(14-33)7-4-11-29-22(27)28/h1-3,5-6,10,12,14,18,31H,4,7-9,11,13,15H2,(H,30,34)(H4,27,28,29). The Morgan fingerprint density at radius 3 is 2.42 bits per heavy atom. The summed E-state index contributed by atoms with van der Waals surface area (Å²) in [5.74, 6) is -3.05. The summed E-state index contributed by atoms with van der Waals surface area (Å²) in [5.41, 5.74) is 9.87. The molecule has 208 valence electrons. The number of nitrogens with zero attached hydrogens (tertiary/aromatic N) is 2. The van der Waals surface area contributed by atoms with Crippen molar-refractivity contribution in [1.82, 2.24) is 9.88 Å². The summed E-state index contributed by atoms with van der Waals surface area (Å²) in [6.45, 7) is -0.377. The number of halogens is 3. The number of benzene rings is 1. The van der Waals surface area contributed by atoms with Crippen LogP contribution in [0.3, 0.4) is 0 Å². The number of carbonyl (C=O) groups is 2. The second kappa shape index (κ2) is 13.6. The van der Waals surface area contributed by atoms with Crippen molar-refractivity contribution >= 4 is 33.9 Å². The number of aromatic nitrogens is 1. The van der Waals surface area contributed by atoms with E-state index in [1.54, 1.807) is 35.1 Å². The molecule has 2 aromatic rings. The van der Waals surface area contributed by atoms with Gasteiger partial charge in [-0.25, -0.2) is 8.42 Å². The molecule has 0 aliphatic carbocycles. The molecule has 0 radical (unpaired) electrons. The lowest BCUT2D eigenvalue weighted by Crippen LogP contribution is -2.40. The predicted molar refractivity (Wildman–Crippen MR) is 136 cm³/mol. The summed E-state index contributed by atoms with van der Waals surface area (Å²) in [5, 5.41) is 2.43. The number of alkyl halides is 3. The molecular formula is C23H29F3N6O5S. The van der Waals surface area contributed by atoms with Gasteiger partial charge in [0.1, 0.15) is 18.5 Å². The highest BCUT2D eigenvalue weighted by molar-refractivity contribution is 7.92. The second-order valence-corrected chi connectivity index (χ2v) is 10.1. The van der Waals surface area contributed by atoms with Gasteiger partial charge in [-0.05, 0) is 42.9 Å². The Labute approximate surface area is 217 Å². The molecule has 1 aromatic heterocycles. The summed E-state index contributed by atoms with van der Waals surface area (Å²) in [4.78, 5) is 40.6. The van der Waals surface area contributed by atoms with E-state index in [-0.39, 0.29) is 30.9 Å².